The zero-order valence-corrected chi connectivity index (χ0v) is 10.4. The molecule has 1 aromatic rings. The van der Waals surface area contributed by atoms with Crippen molar-refractivity contribution in [2.75, 3.05) is 0 Å². The van der Waals surface area contributed by atoms with E-state index in [1.807, 2.05) is 0 Å². The van der Waals surface area contributed by atoms with E-state index in [2.05, 4.69) is 0 Å². The molecule has 0 spiro atoms. The number of phenols is 1. The molecule has 2 N–H and O–H groups in total. The van der Waals surface area contributed by atoms with Gasteiger partial charge in [0, 0.05) is 18.4 Å². The molecule has 104 valence electrons. The van der Waals surface area contributed by atoms with Gasteiger partial charge in [-0.05, 0) is 24.3 Å². The number of carboxylic acid groups (broad SMARTS) is 1. The van der Waals surface area contributed by atoms with E-state index in [9.17, 15) is 18.7 Å². The first-order valence-corrected chi connectivity index (χ1v) is 6.29. The van der Waals surface area contributed by atoms with Crippen molar-refractivity contribution in [1.82, 2.24) is 0 Å². The Morgan fingerprint density at radius 2 is 1.95 bits per heavy atom. The first-order valence-electron chi connectivity index (χ1n) is 6.29. The van der Waals surface area contributed by atoms with E-state index in [-0.39, 0.29) is 30.9 Å². The SMILES string of the molecule is O=C(O)Cc1cccc(C2CCC(F)(F)CC2)c1O. The number of para-hydroxylation sites is 1. The largest absolute Gasteiger partial charge is 0.507 e. The van der Waals surface area contributed by atoms with E-state index in [0.29, 0.717) is 24.0 Å². The van der Waals surface area contributed by atoms with Crippen molar-refractivity contribution in [2.24, 2.45) is 0 Å². The number of aliphatic carboxylic acids is 1. The summed E-state index contributed by atoms with van der Waals surface area (Å²) in [6, 6.07) is 4.90. The van der Waals surface area contributed by atoms with Gasteiger partial charge in [-0.25, -0.2) is 8.78 Å². The highest BCUT2D eigenvalue weighted by Gasteiger charge is 2.36. The van der Waals surface area contributed by atoms with Gasteiger partial charge in [0.05, 0.1) is 6.42 Å². The zero-order chi connectivity index (χ0) is 14.0. The molecule has 0 unspecified atom stereocenters. The molecule has 1 saturated carbocycles. The van der Waals surface area contributed by atoms with Crippen LogP contribution in [0.2, 0.25) is 0 Å². The smallest absolute Gasteiger partial charge is 0.307 e. The highest BCUT2D eigenvalue weighted by molar-refractivity contribution is 5.71. The van der Waals surface area contributed by atoms with Gasteiger partial charge in [-0.3, -0.25) is 4.79 Å². The normalized spacial score (nSPS) is 19.3. The van der Waals surface area contributed by atoms with E-state index < -0.39 is 11.9 Å². The van der Waals surface area contributed by atoms with Crippen LogP contribution in [0, 0.1) is 0 Å². The molecular weight excluding hydrogens is 254 g/mol. The maximum Gasteiger partial charge on any atom is 0.307 e. The summed E-state index contributed by atoms with van der Waals surface area (Å²) in [6.07, 6.45) is 0.0112. The molecule has 0 bridgehead atoms. The van der Waals surface area contributed by atoms with Gasteiger partial charge >= 0.3 is 5.97 Å². The van der Waals surface area contributed by atoms with E-state index in [4.69, 9.17) is 5.11 Å². The summed E-state index contributed by atoms with van der Waals surface area (Å²) in [4.78, 5) is 10.7. The fraction of sp³-hybridized carbons (Fsp3) is 0.500. The van der Waals surface area contributed by atoms with Gasteiger partial charge in [0.1, 0.15) is 5.75 Å². The fourth-order valence-corrected chi connectivity index (χ4v) is 2.60. The summed E-state index contributed by atoms with van der Waals surface area (Å²) >= 11 is 0. The molecule has 5 heteroatoms. The molecule has 1 aliphatic rings. The maximum atomic E-state index is 13.1. The lowest BCUT2D eigenvalue weighted by molar-refractivity contribution is -0.136. The molecular formula is C14H16F2O3. The summed E-state index contributed by atoms with van der Waals surface area (Å²) in [5, 5.41) is 18.8. The van der Waals surface area contributed by atoms with E-state index in [0.717, 1.165) is 0 Å². The van der Waals surface area contributed by atoms with Crippen LogP contribution in [-0.2, 0) is 11.2 Å². The van der Waals surface area contributed by atoms with Crippen LogP contribution >= 0.6 is 0 Å². The van der Waals surface area contributed by atoms with Crippen LogP contribution in [0.15, 0.2) is 18.2 Å². The van der Waals surface area contributed by atoms with Crippen LogP contribution in [0.1, 0.15) is 42.7 Å². The van der Waals surface area contributed by atoms with Crippen molar-refractivity contribution in [2.45, 2.75) is 43.9 Å². The van der Waals surface area contributed by atoms with Crippen LogP contribution in [0.5, 0.6) is 5.75 Å². The Hall–Kier alpha value is -1.65. The standard InChI is InChI=1S/C14H16F2O3/c15-14(16)6-4-9(5-7-14)11-3-1-2-10(13(11)19)8-12(17)18/h1-3,9,19H,4-8H2,(H,17,18). The van der Waals surface area contributed by atoms with Crippen LogP contribution in [-0.4, -0.2) is 22.1 Å². The lowest BCUT2D eigenvalue weighted by atomic mass is 9.81. The quantitative estimate of drug-likeness (QED) is 0.885. The number of hydrogen-bond donors (Lipinski definition) is 2. The lowest BCUT2D eigenvalue weighted by Gasteiger charge is -2.29. The summed E-state index contributed by atoms with van der Waals surface area (Å²) in [5.41, 5.74) is 0.927. The number of halogens is 2. The van der Waals surface area contributed by atoms with Gasteiger partial charge in [0.2, 0.25) is 5.92 Å². The molecule has 0 amide bonds. The molecule has 0 aromatic heterocycles. The second-order valence-electron chi connectivity index (χ2n) is 5.06. The predicted molar refractivity (Wildman–Crippen MR) is 65.6 cm³/mol. The summed E-state index contributed by atoms with van der Waals surface area (Å²) in [5.74, 6) is -3.80. The Labute approximate surface area is 109 Å². The Morgan fingerprint density at radius 1 is 1.32 bits per heavy atom. The van der Waals surface area contributed by atoms with Gasteiger partial charge in [-0.1, -0.05) is 18.2 Å². The van der Waals surface area contributed by atoms with Gasteiger partial charge in [0.15, 0.2) is 0 Å². The topological polar surface area (TPSA) is 57.5 Å². The van der Waals surface area contributed by atoms with Gasteiger partial charge < -0.3 is 10.2 Å². The molecule has 0 radical (unpaired) electrons. The van der Waals surface area contributed by atoms with Crippen molar-refractivity contribution in [1.29, 1.82) is 0 Å². The number of hydrogen-bond acceptors (Lipinski definition) is 2. The fourth-order valence-electron chi connectivity index (χ4n) is 2.60. The number of phenolic OH excluding ortho intramolecular Hbond substituents is 1. The monoisotopic (exact) mass is 270 g/mol. The second kappa shape index (κ2) is 5.15. The van der Waals surface area contributed by atoms with Crippen molar-refractivity contribution >= 4 is 5.97 Å². The highest BCUT2D eigenvalue weighted by atomic mass is 19.3. The summed E-state index contributed by atoms with van der Waals surface area (Å²) in [6.45, 7) is 0. The van der Waals surface area contributed by atoms with Crippen molar-refractivity contribution in [3.63, 3.8) is 0 Å². The number of alkyl halides is 2. The molecule has 1 fully saturated rings. The third-order valence-corrected chi connectivity index (χ3v) is 3.65. The van der Waals surface area contributed by atoms with Crippen LogP contribution in [0.3, 0.4) is 0 Å². The molecule has 19 heavy (non-hydrogen) atoms. The third kappa shape index (κ3) is 3.22. The van der Waals surface area contributed by atoms with E-state index in [1.165, 1.54) is 0 Å². The minimum Gasteiger partial charge on any atom is -0.507 e. The number of carboxylic acids is 1. The van der Waals surface area contributed by atoms with Gasteiger partial charge in [-0.15, -0.1) is 0 Å². The maximum absolute atomic E-state index is 13.1. The third-order valence-electron chi connectivity index (χ3n) is 3.65. The first-order chi connectivity index (χ1) is 8.89. The van der Waals surface area contributed by atoms with Crippen molar-refractivity contribution in [3.8, 4) is 5.75 Å². The average Bonchev–Trinajstić information content (AvgIpc) is 2.32. The van der Waals surface area contributed by atoms with Crippen molar-refractivity contribution < 1.29 is 23.8 Å². The second-order valence-corrected chi connectivity index (χ2v) is 5.06. The molecule has 0 atom stereocenters. The number of aromatic hydroxyl groups is 1. The van der Waals surface area contributed by atoms with E-state index >= 15 is 0 Å². The Morgan fingerprint density at radius 3 is 2.53 bits per heavy atom. The lowest BCUT2D eigenvalue weighted by Crippen LogP contribution is -2.23. The molecule has 3 nitrogen and oxygen atoms in total. The van der Waals surface area contributed by atoms with Gasteiger partial charge in [0.25, 0.3) is 0 Å². The average molecular weight is 270 g/mol. The molecule has 0 heterocycles. The minimum absolute atomic E-state index is 0.0554. The number of carbonyl (C=O) groups is 1. The first kappa shape index (κ1) is 13.8. The predicted octanol–water partition coefficient (Wildman–Crippen LogP) is 3.31. The highest BCUT2D eigenvalue weighted by Crippen LogP contribution is 2.43. The molecule has 2 rings (SSSR count). The van der Waals surface area contributed by atoms with Crippen molar-refractivity contribution in [3.05, 3.63) is 29.3 Å². The molecule has 1 aromatic carbocycles. The molecule has 0 aliphatic heterocycles. The zero-order valence-electron chi connectivity index (χ0n) is 10.4. The van der Waals surface area contributed by atoms with Crippen LogP contribution < -0.4 is 0 Å². The number of rotatable bonds is 3. The minimum atomic E-state index is -2.61. The van der Waals surface area contributed by atoms with Gasteiger partial charge in [-0.2, -0.15) is 0 Å². The molecule has 0 saturated heterocycles. The Balaban J connectivity index is 2.19. The van der Waals surface area contributed by atoms with Crippen LogP contribution in [0.25, 0.3) is 0 Å². The summed E-state index contributed by atoms with van der Waals surface area (Å²) < 4.78 is 26.2. The Bertz CT molecular complexity index is 476. The van der Waals surface area contributed by atoms with Crippen LogP contribution in [0.4, 0.5) is 8.78 Å². The Kier molecular flexibility index (Phi) is 3.73. The van der Waals surface area contributed by atoms with E-state index in [1.54, 1.807) is 18.2 Å². The number of benzene rings is 1. The molecule has 1 aliphatic carbocycles. The summed E-state index contributed by atoms with van der Waals surface area (Å²) in [7, 11) is 0.